The molecule has 0 aliphatic heterocycles. The van der Waals surface area contributed by atoms with Crippen molar-refractivity contribution in [2.24, 2.45) is 0 Å². The Labute approximate surface area is 106 Å². The largest absolute Gasteiger partial charge is 0.434 e. The van der Waals surface area contributed by atoms with Crippen molar-refractivity contribution >= 4 is 11.3 Å². The summed E-state index contributed by atoms with van der Waals surface area (Å²) in [6, 6.07) is -0.195. The van der Waals surface area contributed by atoms with Crippen molar-refractivity contribution in [3.63, 3.8) is 0 Å². The molecule has 0 radical (unpaired) electrons. The van der Waals surface area contributed by atoms with Gasteiger partial charge in [0, 0.05) is 6.04 Å². The Morgan fingerprint density at radius 3 is 2.53 bits per heavy atom. The van der Waals surface area contributed by atoms with E-state index < -0.39 is 17.6 Å². The summed E-state index contributed by atoms with van der Waals surface area (Å²) in [6.07, 6.45) is -2.70. The number of aromatic nitrogens is 4. The highest BCUT2D eigenvalue weighted by Gasteiger charge is 2.34. The summed E-state index contributed by atoms with van der Waals surface area (Å²) in [5.41, 5.74) is -1.56. The maximum absolute atomic E-state index is 12.6. The first-order valence-electron chi connectivity index (χ1n) is 5.92. The average molecular weight is 274 g/mol. The van der Waals surface area contributed by atoms with E-state index in [0.717, 1.165) is 0 Å². The minimum atomic E-state index is -4.58. The number of hydrogen-bond acceptors (Lipinski definition) is 3. The molecule has 0 saturated heterocycles. The van der Waals surface area contributed by atoms with Crippen LogP contribution in [0.1, 0.15) is 38.4 Å². The van der Waals surface area contributed by atoms with Gasteiger partial charge in [-0.2, -0.15) is 13.2 Å². The lowest BCUT2D eigenvalue weighted by atomic mass is 10.2. The third-order valence-corrected chi connectivity index (χ3v) is 3.02. The third-order valence-electron chi connectivity index (χ3n) is 3.02. The maximum atomic E-state index is 12.6. The zero-order chi connectivity index (χ0) is 14.2. The SMILES string of the molecule is CCC(CC)n1c(=O)[nH]c2ncc(C(F)(F)F)nc21. The Balaban J connectivity index is 2.69. The summed E-state index contributed by atoms with van der Waals surface area (Å²) in [4.78, 5) is 21.4. The van der Waals surface area contributed by atoms with E-state index in [4.69, 9.17) is 0 Å². The molecule has 0 bridgehead atoms. The van der Waals surface area contributed by atoms with Crippen LogP contribution in [0.3, 0.4) is 0 Å². The van der Waals surface area contributed by atoms with Crippen molar-refractivity contribution in [3.8, 4) is 0 Å². The van der Waals surface area contributed by atoms with E-state index in [2.05, 4.69) is 15.0 Å². The molecule has 0 aromatic carbocycles. The molecule has 0 aliphatic carbocycles. The van der Waals surface area contributed by atoms with Crippen LogP contribution in [0.4, 0.5) is 13.2 Å². The smallest absolute Gasteiger partial charge is 0.289 e. The van der Waals surface area contributed by atoms with Crippen LogP contribution in [0.15, 0.2) is 11.0 Å². The van der Waals surface area contributed by atoms with E-state index in [1.807, 2.05) is 13.8 Å². The molecular formula is C11H13F3N4O. The highest BCUT2D eigenvalue weighted by atomic mass is 19.4. The van der Waals surface area contributed by atoms with Gasteiger partial charge in [0.1, 0.15) is 0 Å². The molecular weight excluding hydrogens is 261 g/mol. The van der Waals surface area contributed by atoms with E-state index >= 15 is 0 Å². The molecule has 2 rings (SSSR count). The summed E-state index contributed by atoms with van der Waals surface area (Å²) in [5.74, 6) is 0. The van der Waals surface area contributed by atoms with E-state index in [1.54, 1.807) is 0 Å². The molecule has 1 N–H and O–H groups in total. The normalized spacial score (nSPS) is 12.5. The topological polar surface area (TPSA) is 63.6 Å². The number of imidazole rings is 1. The van der Waals surface area contributed by atoms with Crippen LogP contribution in [0.25, 0.3) is 11.3 Å². The van der Waals surface area contributed by atoms with Crippen molar-refractivity contribution in [2.75, 3.05) is 0 Å². The van der Waals surface area contributed by atoms with Crippen molar-refractivity contribution in [2.45, 2.75) is 38.9 Å². The first-order chi connectivity index (χ1) is 8.88. The van der Waals surface area contributed by atoms with Crippen LogP contribution >= 0.6 is 0 Å². The van der Waals surface area contributed by atoms with Crippen molar-refractivity contribution < 1.29 is 13.2 Å². The quantitative estimate of drug-likeness (QED) is 0.935. The molecule has 2 heterocycles. The fraction of sp³-hybridized carbons (Fsp3) is 0.545. The highest BCUT2D eigenvalue weighted by Crippen LogP contribution is 2.28. The Morgan fingerprint density at radius 1 is 1.37 bits per heavy atom. The van der Waals surface area contributed by atoms with Crippen LogP contribution in [-0.2, 0) is 6.18 Å². The van der Waals surface area contributed by atoms with Crippen molar-refractivity contribution in [3.05, 3.63) is 22.4 Å². The van der Waals surface area contributed by atoms with Crippen molar-refractivity contribution in [1.82, 2.24) is 19.5 Å². The Kier molecular flexibility index (Phi) is 3.34. The lowest BCUT2D eigenvalue weighted by Crippen LogP contribution is -2.22. The molecule has 0 amide bonds. The van der Waals surface area contributed by atoms with Crippen LogP contribution in [0.2, 0.25) is 0 Å². The van der Waals surface area contributed by atoms with Gasteiger partial charge in [0.05, 0.1) is 6.20 Å². The Hall–Kier alpha value is -1.86. The number of rotatable bonds is 3. The van der Waals surface area contributed by atoms with Gasteiger partial charge < -0.3 is 0 Å². The monoisotopic (exact) mass is 274 g/mol. The molecule has 0 unspecified atom stereocenters. The highest BCUT2D eigenvalue weighted by molar-refractivity contribution is 5.65. The second kappa shape index (κ2) is 4.67. The standard InChI is InChI=1S/C11H13F3N4O/c1-3-6(4-2)18-9-8(17-10(18)19)15-5-7(16-9)11(12,13)14/h5-6H,3-4H2,1-2H3,(H,15,17,19). The van der Waals surface area contributed by atoms with E-state index in [-0.39, 0.29) is 17.3 Å². The van der Waals surface area contributed by atoms with Gasteiger partial charge >= 0.3 is 11.9 Å². The van der Waals surface area contributed by atoms with Gasteiger partial charge in [-0.3, -0.25) is 9.55 Å². The predicted molar refractivity (Wildman–Crippen MR) is 62.8 cm³/mol. The molecule has 0 saturated carbocycles. The van der Waals surface area contributed by atoms with Gasteiger partial charge in [0.15, 0.2) is 17.0 Å². The van der Waals surface area contributed by atoms with Gasteiger partial charge in [-0.1, -0.05) is 13.8 Å². The Morgan fingerprint density at radius 2 is 2.00 bits per heavy atom. The minimum Gasteiger partial charge on any atom is -0.289 e. The first kappa shape index (κ1) is 13.6. The third kappa shape index (κ3) is 2.34. The molecule has 5 nitrogen and oxygen atoms in total. The van der Waals surface area contributed by atoms with Crippen molar-refractivity contribution in [1.29, 1.82) is 0 Å². The fourth-order valence-electron chi connectivity index (χ4n) is 2.02. The average Bonchev–Trinajstić information content (AvgIpc) is 2.66. The van der Waals surface area contributed by atoms with E-state index in [1.165, 1.54) is 4.57 Å². The number of fused-ring (bicyclic) bond motifs is 1. The summed E-state index contributed by atoms with van der Waals surface area (Å²) in [5, 5.41) is 0. The first-order valence-corrected chi connectivity index (χ1v) is 5.92. The zero-order valence-electron chi connectivity index (χ0n) is 10.5. The van der Waals surface area contributed by atoms with Crippen LogP contribution in [0.5, 0.6) is 0 Å². The zero-order valence-corrected chi connectivity index (χ0v) is 10.5. The molecule has 0 atom stereocenters. The number of alkyl halides is 3. The van der Waals surface area contributed by atoms with E-state index in [9.17, 15) is 18.0 Å². The lowest BCUT2D eigenvalue weighted by molar-refractivity contribution is -0.141. The second-order valence-electron chi connectivity index (χ2n) is 4.20. The molecule has 2 aromatic heterocycles. The summed E-state index contributed by atoms with van der Waals surface area (Å²) in [6.45, 7) is 3.72. The molecule has 0 spiro atoms. The van der Waals surface area contributed by atoms with E-state index in [0.29, 0.717) is 19.0 Å². The van der Waals surface area contributed by atoms with Crippen LogP contribution in [-0.4, -0.2) is 19.5 Å². The van der Waals surface area contributed by atoms with Crippen LogP contribution in [0, 0.1) is 0 Å². The number of aromatic amines is 1. The predicted octanol–water partition coefficient (Wildman–Crippen LogP) is 2.50. The summed E-state index contributed by atoms with van der Waals surface area (Å²) in [7, 11) is 0. The second-order valence-corrected chi connectivity index (χ2v) is 4.20. The van der Waals surface area contributed by atoms with Gasteiger partial charge in [-0.05, 0) is 12.8 Å². The molecule has 8 heteroatoms. The molecule has 2 aromatic rings. The maximum Gasteiger partial charge on any atom is 0.434 e. The van der Waals surface area contributed by atoms with Gasteiger partial charge in [0.25, 0.3) is 0 Å². The fourth-order valence-corrected chi connectivity index (χ4v) is 2.02. The number of nitrogens with zero attached hydrogens (tertiary/aromatic N) is 3. The number of H-pyrrole nitrogens is 1. The Bertz CT molecular complexity index is 639. The molecule has 104 valence electrons. The van der Waals surface area contributed by atoms with Gasteiger partial charge in [-0.15, -0.1) is 0 Å². The van der Waals surface area contributed by atoms with Gasteiger partial charge in [-0.25, -0.2) is 14.8 Å². The number of nitrogens with one attached hydrogen (secondary N) is 1. The lowest BCUT2D eigenvalue weighted by Gasteiger charge is -2.14. The summed E-state index contributed by atoms with van der Waals surface area (Å²) >= 11 is 0. The molecule has 0 fully saturated rings. The van der Waals surface area contributed by atoms with Gasteiger partial charge in [0.2, 0.25) is 0 Å². The minimum absolute atomic E-state index is 0.0477. The number of halogens is 3. The summed E-state index contributed by atoms with van der Waals surface area (Å²) < 4.78 is 39.1. The molecule has 0 aliphatic rings. The van der Waals surface area contributed by atoms with Crippen LogP contribution < -0.4 is 5.69 Å². The molecule has 19 heavy (non-hydrogen) atoms. The number of hydrogen-bond donors (Lipinski definition) is 1.